The maximum Gasteiger partial charge on any atom is 0.326 e. The zero-order valence-corrected chi connectivity index (χ0v) is 20.1. The number of nitrogens with two attached hydrogens (primary N) is 3. The van der Waals surface area contributed by atoms with Gasteiger partial charge in [-0.3, -0.25) is 19.4 Å². The first kappa shape index (κ1) is 28.5. The van der Waals surface area contributed by atoms with Crippen LogP contribution < -0.4 is 27.8 Å². The van der Waals surface area contributed by atoms with Crippen LogP contribution in [-0.4, -0.2) is 98.1 Å². The Kier molecular flexibility index (Phi) is 10.6. The molecule has 2 heterocycles. The van der Waals surface area contributed by atoms with Gasteiger partial charge in [0, 0.05) is 31.4 Å². The fourth-order valence-corrected chi connectivity index (χ4v) is 3.89. The molecule has 36 heavy (non-hydrogen) atoms. The average molecular weight is 510 g/mol. The Balaban J connectivity index is 2.00. The number of nitrogens with one attached hydrogen (secondary N) is 3. The Bertz CT molecular complexity index is 932. The number of amides is 3. The summed E-state index contributed by atoms with van der Waals surface area (Å²) < 4.78 is 0. The van der Waals surface area contributed by atoms with E-state index in [0.717, 1.165) is 0 Å². The predicted molar refractivity (Wildman–Crippen MR) is 128 cm³/mol. The Labute approximate surface area is 207 Å². The fraction of sp³-hybridized carbons (Fsp3) is 0.619. The van der Waals surface area contributed by atoms with E-state index in [-0.39, 0.29) is 12.4 Å². The summed E-state index contributed by atoms with van der Waals surface area (Å²) in [5, 5.41) is 24.4. The number of hydrogen-bond donors (Lipinski definition) is 8. The van der Waals surface area contributed by atoms with Crippen LogP contribution in [-0.2, 0) is 25.6 Å². The molecule has 0 aliphatic carbocycles. The lowest BCUT2D eigenvalue weighted by molar-refractivity contribution is -0.144. The molecule has 0 saturated carbocycles. The van der Waals surface area contributed by atoms with Gasteiger partial charge in [0.2, 0.25) is 17.7 Å². The number of carbonyl (C=O) groups excluding carboxylic acids is 3. The minimum absolute atomic E-state index is 0.0566. The first-order chi connectivity index (χ1) is 17.0. The zero-order chi connectivity index (χ0) is 26.8. The van der Waals surface area contributed by atoms with E-state index in [1.165, 1.54) is 24.3 Å². The van der Waals surface area contributed by atoms with Gasteiger partial charge in [0.1, 0.15) is 18.1 Å². The number of aliphatic imine (C=N–C) groups is 1. The monoisotopic (exact) mass is 509 g/mol. The van der Waals surface area contributed by atoms with Gasteiger partial charge in [-0.2, -0.15) is 0 Å². The fourth-order valence-electron chi connectivity index (χ4n) is 3.89. The summed E-state index contributed by atoms with van der Waals surface area (Å²) >= 11 is 0. The molecule has 1 saturated heterocycles. The van der Waals surface area contributed by atoms with Crippen molar-refractivity contribution in [3.8, 4) is 0 Å². The summed E-state index contributed by atoms with van der Waals surface area (Å²) in [6.07, 6.45) is 3.08. The highest BCUT2D eigenvalue weighted by molar-refractivity contribution is 5.94. The summed E-state index contributed by atoms with van der Waals surface area (Å²) in [5.74, 6) is -3.29. The minimum atomic E-state index is -1.44. The number of aliphatic carboxylic acids is 1. The molecule has 1 fully saturated rings. The third-order valence-corrected chi connectivity index (χ3v) is 5.78. The highest BCUT2D eigenvalue weighted by atomic mass is 16.4. The van der Waals surface area contributed by atoms with Crippen molar-refractivity contribution in [2.24, 2.45) is 22.2 Å². The van der Waals surface area contributed by atoms with Crippen LogP contribution in [0.3, 0.4) is 0 Å². The largest absolute Gasteiger partial charge is 0.480 e. The molecule has 5 atom stereocenters. The van der Waals surface area contributed by atoms with Gasteiger partial charge in [-0.05, 0) is 32.6 Å². The molecule has 11 N–H and O–H groups in total. The second kappa shape index (κ2) is 13.4. The van der Waals surface area contributed by atoms with Crippen LogP contribution in [0, 0.1) is 0 Å². The number of carbonyl (C=O) groups is 4. The number of aromatic nitrogens is 2. The van der Waals surface area contributed by atoms with Crippen molar-refractivity contribution < 1.29 is 29.4 Å². The number of nitrogens with zero attached hydrogens (tertiary/aromatic N) is 3. The van der Waals surface area contributed by atoms with Gasteiger partial charge in [0.15, 0.2) is 5.96 Å². The van der Waals surface area contributed by atoms with Gasteiger partial charge in [-0.1, -0.05) is 0 Å². The van der Waals surface area contributed by atoms with E-state index in [4.69, 9.17) is 17.2 Å². The first-order valence-corrected chi connectivity index (χ1v) is 11.6. The summed E-state index contributed by atoms with van der Waals surface area (Å²) in [4.78, 5) is 62.0. The van der Waals surface area contributed by atoms with E-state index in [1.807, 2.05) is 0 Å². The van der Waals surface area contributed by atoms with Crippen molar-refractivity contribution >= 4 is 29.7 Å². The van der Waals surface area contributed by atoms with Crippen molar-refractivity contribution in [1.29, 1.82) is 0 Å². The second-order valence-electron chi connectivity index (χ2n) is 8.65. The quantitative estimate of drug-likeness (QED) is 0.0748. The number of aliphatic hydroxyl groups excluding tert-OH is 1. The molecule has 2 rings (SSSR count). The number of imidazole rings is 1. The van der Waals surface area contributed by atoms with E-state index in [1.54, 1.807) is 0 Å². The maximum absolute atomic E-state index is 13.0. The van der Waals surface area contributed by atoms with Crippen molar-refractivity contribution in [2.45, 2.75) is 69.3 Å². The third-order valence-electron chi connectivity index (χ3n) is 5.78. The Morgan fingerprint density at radius 2 is 2.03 bits per heavy atom. The van der Waals surface area contributed by atoms with Crippen molar-refractivity contribution in [1.82, 2.24) is 25.5 Å². The molecule has 1 aliphatic heterocycles. The number of aliphatic hydroxyl groups is 1. The van der Waals surface area contributed by atoms with E-state index in [9.17, 15) is 29.4 Å². The number of rotatable bonds is 13. The van der Waals surface area contributed by atoms with Crippen molar-refractivity contribution in [3.63, 3.8) is 0 Å². The molecular formula is C21H35N9O6. The molecular weight excluding hydrogens is 474 g/mol. The minimum Gasteiger partial charge on any atom is -0.480 e. The van der Waals surface area contributed by atoms with Crippen LogP contribution in [0.2, 0.25) is 0 Å². The molecule has 15 nitrogen and oxygen atoms in total. The SMILES string of the molecule is CC(O)C(NC(=O)C1CCCN1C(=O)C(N)CCCN=C(N)N)C(=O)NC(Cc1cnc[nH]1)C(=O)O. The highest BCUT2D eigenvalue weighted by Crippen LogP contribution is 2.19. The van der Waals surface area contributed by atoms with Crippen LogP contribution >= 0.6 is 0 Å². The van der Waals surface area contributed by atoms with Gasteiger partial charge in [-0.25, -0.2) is 9.78 Å². The van der Waals surface area contributed by atoms with Gasteiger partial charge >= 0.3 is 5.97 Å². The highest BCUT2D eigenvalue weighted by Gasteiger charge is 2.38. The number of hydrogen-bond acceptors (Lipinski definition) is 8. The van der Waals surface area contributed by atoms with Gasteiger partial charge in [0.05, 0.1) is 18.5 Å². The number of likely N-dealkylation sites (tertiary alicyclic amines) is 1. The van der Waals surface area contributed by atoms with E-state index in [0.29, 0.717) is 44.5 Å². The molecule has 0 bridgehead atoms. The average Bonchev–Trinajstić information content (AvgIpc) is 3.50. The zero-order valence-electron chi connectivity index (χ0n) is 20.1. The lowest BCUT2D eigenvalue weighted by atomic mass is 10.1. The lowest BCUT2D eigenvalue weighted by Gasteiger charge is -2.29. The van der Waals surface area contributed by atoms with E-state index in [2.05, 4.69) is 25.6 Å². The van der Waals surface area contributed by atoms with Gasteiger partial charge in [0.25, 0.3) is 0 Å². The van der Waals surface area contributed by atoms with Gasteiger partial charge < -0.3 is 47.9 Å². The smallest absolute Gasteiger partial charge is 0.326 e. The number of guanidine groups is 1. The van der Waals surface area contributed by atoms with Crippen LogP contribution in [0.4, 0.5) is 0 Å². The predicted octanol–water partition coefficient (Wildman–Crippen LogP) is -3.24. The summed E-state index contributed by atoms with van der Waals surface area (Å²) in [7, 11) is 0. The van der Waals surface area contributed by atoms with Crippen molar-refractivity contribution in [3.05, 3.63) is 18.2 Å². The molecule has 200 valence electrons. The molecule has 0 spiro atoms. The molecule has 0 aromatic carbocycles. The second-order valence-corrected chi connectivity index (χ2v) is 8.65. The third kappa shape index (κ3) is 8.20. The summed E-state index contributed by atoms with van der Waals surface area (Å²) in [6, 6.07) is -4.50. The molecule has 1 aromatic heterocycles. The molecule has 5 unspecified atom stereocenters. The van der Waals surface area contributed by atoms with Crippen LogP contribution in [0.5, 0.6) is 0 Å². The number of H-pyrrole nitrogens is 1. The summed E-state index contributed by atoms with van der Waals surface area (Å²) in [6.45, 7) is 1.92. The molecule has 3 amide bonds. The standard InChI is InChI=1S/C21H35N9O6/c1-11(31)16(18(33)28-14(20(35)36)8-12-9-25-10-27-12)29-17(32)15-5-3-7-30(15)19(34)13(22)4-2-6-26-21(23)24/h9-11,13-16,31H,2-8,22H2,1H3,(H,25,27)(H,28,33)(H,29,32)(H,35,36)(H4,23,24,26). The number of aromatic amines is 1. The van der Waals surface area contributed by atoms with Gasteiger partial charge in [-0.15, -0.1) is 0 Å². The topological polar surface area (TPSA) is 255 Å². The van der Waals surface area contributed by atoms with Crippen LogP contribution in [0.1, 0.15) is 38.3 Å². The number of carboxylic acids is 1. The Morgan fingerprint density at radius 1 is 1.31 bits per heavy atom. The van der Waals surface area contributed by atoms with Crippen LogP contribution in [0.25, 0.3) is 0 Å². The molecule has 15 heteroatoms. The molecule has 0 radical (unpaired) electrons. The van der Waals surface area contributed by atoms with Crippen LogP contribution in [0.15, 0.2) is 17.5 Å². The Morgan fingerprint density at radius 3 is 2.61 bits per heavy atom. The number of carboxylic acid groups (broad SMARTS) is 1. The Hall–Kier alpha value is -3.72. The van der Waals surface area contributed by atoms with E-state index < -0.39 is 54.0 Å². The molecule has 1 aromatic rings. The normalized spacial score (nSPS) is 18.5. The van der Waals surface area contributed by atoms with E-state index >= 15 is 0 Å². The first-order valence-electron chi connectivity index (χ1n) is 11.6. The maximum atomic E-state index is 13.0. The lowest BCUT2D eigenvalue weighted by Crippen LogP contribution is -2.59. The van der Waals surface area contributed by atoms with Crippen molar-refractivity contribution in [2.75, 3.05) is 13.1 Å². The summed E-state index contributed by atoms with van der Waals surface area (Å²) in [5.41, 5.74) is 17.0. The molecule has 1 aliphatic rings.